The van der Waals surface area contributed by atoms with Crippen molar-refractivity contribution >= 4 is 21.8 Å². The number of methoxy groups -OCH3 is 2. The van der Waals surface area contributed by atoms with Gasteiger partial charge in [-0.25, -0.2) is 0 Å². The molecule has 0 bridgehead atoms. The van der Waals surface area contributed by atoms with Crippen LogP contribution >= 0.6 is 15.9 Å². The number of hydrogen-bond acceptors (Lipinski definition) is 4. The summed E-state index contributed by atoms with van der Waals surface area (Å²) in [5.41, 5.74) is 0.423. The van der Waals surface area contributed by atoms with E-state index in [0.29, 0.717) is 16.0 Å². The third-order valence-electron chi connectivity index (χ3n) is 3.64. The number of amides is 1. The molecule has 2 rings (SSSR count). The van der Waals surface area contributed by atoms with Gasteiger partial charge in [0.25, 0.3) is 5.91 Å². The van der Waals surface area contributed by atoms with Crippen LogP contribution in [0, 0.1) is 0 Å². The number of hydrogen-bond donors (Lipinski definition) is 0. The maximum Gasteiger partial charge on any atom is 0.573 e. The first-order chi connectivity index (χ1) is 12.7. The molecule has 5 nitrogen and oxygen atoms in total. The maximum absolute atomic E-state index is 12.9. The second kappa shape index (κ2) is 8.51. The molecule has 27 heavy (non-hydrogen) atoms. The largest absolute Gasteiger partial charge is 0.573 e. The predicted octanol–water partition coefficient (Wildman–Crippen LogP) is 4.64. The lowest BCUT2D eigenvalue weighted by Gasteiger charge is -2.21. The number of ether oxygens (including phenoxy) is 3. The Morgan fingerprint density at radius 1 is 1.15 bits per heavy atom. The number of para-hydroxylation sites is 1. The van der Waals surface area contributed by atoms with E-state index in [1.165, 1.54) is 50.4 Å². The molecular formula is C18H17BrF3NO4. The molecule has 0 saturated heterocycles. The predicted molar refractivity (Wildman–Crippen MR) is 96.2 cm³/mol. The van der Waals surface area contributed by atoms with Gasteiger partial charge in [-0.05, 0) is 34.1 Å². The van der Waals surface area contributed by atoms with Gasteiger partial charge >= 0.3 is 6.36 Å². The summed E-state index contributed by atoms with van der Waals surface area (Å²) in [7, 11) is 4.34. The highest BCUT2D eigenvalue weighted by atomic mass is 79.9. The van der Waals surface area contributed by atoms with Crippen LogP contribution in [0.1, 0.15) is 15.9 Å². The zero-order valence-corrected chi connectivity index (χ0v) is 16.3. The molecule has 1 amide bonds. The zero-order chi connectivity index (χ0) is 20.2. The monoisotopic (exact) mass is 447 g/mol. The van der Waals surface area contributed by atoms with E-state index in [4.69, 9.17) is 9.47 Å². The van der Waals surface area contributed by atoms with Crippen molar-refractivity contribution in [3.05, 3.63) is 52.0 Å². The third kappa shape index (κ3) is 5.29. The van der Waals surface area contributed by atoms with Crippen LogP contribution in [0.15, 0.2) is 40.9 Å². The minimum atomic E-state index is -4.82. The average Bonchev–Trinajstić information content (AvgIpc) is 2.60. The summed E-state index contributed by atoms with van der Waals surface area (Å²) in [6.07, 6.45) is -4.82. The molecule has 0 atom stereocenters. The fourth-order valence-corrected chi connectivity index (χ4v) is 3.05. The fraction of sp³-hybridized carbons (Fsp3) is 0.278. The molecule has 0 aliphatic carbocycles. The Morgan fingerprint density at radius 3 is 2.41 bits per heavy atom. The lowest BCUT2D eigenvalue weighted by atomic mass is 10.1. The quantitative estimate of drug-likeness (QED) is 0.647. The summed E-state index contributed by atoms with van der Waals surface area (Å²) < 4.78 is 52.7. The minimum Gasteiger partial charge on any atom is -0.497 e. The lowest BCUT2D eigenvalue weighted by Crippen LogP contribution is -2.27. The smallest absolute Gasteiger partial charge is 0.497 e. The van der Waals surface area contributed by atoms with Crippen LogP contribution in [0.2, 0.25) is 0 Å². The molecule has 0 aliphatic rings. The van der Waals surface area contributed by atoms with Crippen LogP contribution in [-0.4, -0.2) is 38.4 Å². The summed E-state index contributed by atoms with van der Waals surface area (Å²) in [6, 6.07) is 8.80. The van der Waals surface area contributed by atoms with E-state index in [1.54, 1.807) is 12.1 Å². The van der Waals surface area contributed by atoms with Crippen molar-refractivity contribution in [1.29, 1.82) is 0 Å². The van der Waals surface area contributed by atoms with Crippen LogP contribution in [0.4, 0.5) is 13.2 Å². The van der Waals surface area contributed by atoms with Crippen molar-refractivity contribution in [3.63, 3.8) is 0 Å². The Bertz CT molecular complexity index is 827. The second-order valence-electron chi connectivity index (χ2n) is 5.51. The van der Waals surface area contributed by atoms with Crippen molar-refractivity contribution < 1.29 is 32.2 Å². The minimum absolute atomic E-state index is 0.0942. The fourth-order valence-electron chi connectivity index (χ4n) is 2.44. The standard InChI is InChI=1S/C18H17BrF3NO4/c1-23(10-11-6-4-5-7-15(11)27-18(20,21)22)17(24)13-8-12(25-2)9-14(19)16(13)26-3/h4-9H,10H2,1-3H3. The van der Waals surface area contributed by atoms with Gasteiger partial charge < -0.3 is 19.1 Å². The topological polar surface area (TPSA) is 48.0 Å². The van der Waals surface area contributed by atoms with Gasteiger partial charge in [-0.15, -0.1) is 13.2 Å². The van der Waals surface area contributed by atoms with Gasteiger partial charge in [0.15, 0.2) is 0 Å². The molecule has 2 aromatic rings. The highest BCUT2D eigenvalue weighted by molar-refractivity contribution is 9.10. The Hall–Kier alpha value is -2.42. The highest BCUT2D eigenvalue weighted by Crippen LogP contribution is 2.35. The van der Waals surface area contributed by atoms with Gasteiger partial charge in [0, 0.05) is 19.2 Å². The number of carbonyl (C=O) groups excluding carboxylic acids is 1. The second-order valence-corrected chi connectivity index (χ2v) is 6.36. The molecule has 0 aliphatic heterocycles. The normalized spacial score (nSPS) is 11.1. The van der Waals surface area contributed by atoms with E-state index in [2.05, 4.69) is 20.7 Å². The van der Waals surface area contributed by atoms with Gasteiger partial charge in [-0.3, -0.25) is 4.79 Å². The maximum atomic E-state index is 12.9. The Kier molecular flexibility index (Phi) is 6.59. The molecule has 9 heteroatoms. The highest BCUT2D eigenvalue weighted by Gasteiger charge is 2.32. The van der Waals surface area contributed by atoms with Crippen molar-refractivity contribution in [2.75, 3.05) is 21.3 Å². The van der Waals surface area contributed by atoms with Crippen molar-refractivity contribution in [3.8, 4) is 17.2 Å². The third-order valence-corrected chi connectivity index (χ3v) is 4.23. The van der Waals surface area contributed by atoms with Crippen molar-refractivity contribution in [1.82, 2.24) is 4.90 Å². The van der Waals surface area contributed by atoms with Crippen molar-refractivity contribution in [2.24, 2.45) is 0 Å². The van der Waals surface area contributed by atoms with Crippen LogP contribution in [0.5, 0.6) is 17.2 Å². The Labute approximate surface area is 162 Å². The van der Waals surface area contributed by atoms with Crippen LogP contribution < -0.4 is 14.2 Å². The zero-order valence-electron chi connectivity index (χ0n) is 14.8. The molecular weight excluding hydrogens is 431 g/mol. The number of alkyl halides is 3. The molecule has 146 valence electrons. The van der Waals surface area contributed by atoms with Gasteiger partial charge in [-0.1, -0.05) is 18.2 Å². The molecule has 2 aromatic carbocycles. The first-order valence-corrected chi connectivity index (χ1v) is 8.46. The van der Waals surface area contributed by atoms with E-state index < -0.39 is 12.3 Å². The van der Waals surface area contributed by atoms with E-state index in [1.807, 2.05) is 0 Å². The summed E-state index contributed by atoms with van der Waals surface area (Å²) in [5.74, 6) is -0.0793. The van der Waals surface area contributed by atoms with Gasteiger partial charge in [0.1, 0.15) is 17.2 Å². The van der Waals surface area contributed by atoms with E-state index in [9.17, 15) is 18.0 Å². The SMILES string of the molecule is COc1cc(Br)c(OC)c(C(=O)N(C)Cc2ccccc2OC(F)(F)F)c1. The molecule has 0 N–H and O–H groups in total. The molecule has 0 spiro atoms. The first kappa shape index (κ1) is 20.9. The van der Waals surface area contributed by atoms with E-state index in [0.717, 1.165) is 0 Å². The molecule has 0 fully saturated rings. The Balaban J connectivity index is 2.31. The molecule has 0 unspecified atom stereocenters. The molecule has 0 radical (unpaired) electrons. The lowest BCUT2D eigenvalue weighted by molar-refractivity contribution is -0.275. The summed E-state index contributed by atoms with van der Waals surface area (Å²) >= 11 is 3.31. The van der Waals surface area contributed by atoms with Gasteiger partial charge in [0.2, 0.25) is 0 Å². The number of carbonyl (C=O) groups is 1. The Morgan fingerprint density at radius 2 is 1.81 bits per heavy atom. The van der Waals surface area contributed by atoms with Crippen molar-refractivity contribution in [2.45, 2.75) is 12.9 Å². The summed E-state index contributed by atoms with van der Waals surface area (Å²) in [5, 5.41) is 0. The van der Waals surface area contributed by atoms with Crippen LogP contribution in [-0.2, 0) is 6.54 Å². The van der Waals surface area contributed by atoms with Gasteiger partial charge in [-0.2, -0.15) is 0 Å². The average molecular weight is 448 g/mol. The van der Waals surface area contributed by atoms with Gasteiger partial charge in [0.05, 0.1) is 24.3 Å². The number of rotatable bonds is 6. The molecule has 0 saturated carbocycles. The molecule has 0 aromatic heterocycles. The van der Waals surface area contributed by atoms with E-state index in [-0.39, 0.29) is 23.4 Å². The number of benzene rings is 2. The van der Waals surface area contributed by atoms with Crippen LogP contribution in [0.3, 0.4) is 0 Å². The summed E-state index contributed by atoms with van der Waals surface area (Å²) in [6.45, 7) is -0.0942. The van der Waals surface area contributed by atoms with Crippen LogP contribution in [0.25, 0.3) is 0 Å². The number of halogens is 4. The van der Waals surface area contributed by atoms with E-state index >= 15 is 0 Å². The summed E-state index contributed by atoms with van der Waals surface area (Å²) in [4.78, 5) is 14.1. The molecule has 0 heterocycles. The number of nitrogens with zero attached hydrogens (tertiary/aromatic N) is 1. The first-order valence-electron chi connectivity index (χ1n) is 7.67.